The van der Waals surface area contributed by atoms with Gasteiger partial charge in [-0.05, 0) is 48.6 Å². The van der Waals surface area contributed by atoms with Crippen molar-refractivity contribution in [2.45, 2.75) is 57.0 Å². The number of nitrogens with one attached hydrogen (secondary N) is 2. The lowest BCUT2D eigenvalue weighted by Crippen LogP contribution is -2.46. The minimum absolute atomic E-state index is 0.0282. The number of imide groups is 1. The number of anilines is 3. The summed E-state index contributed by atoms with van der Waals surface area (Å²) in [6.45, 7) is 4.26. The van der Waals surface area contributed by atoms with Crippen LogP contribution in [0.25, 0.3) is 11.0 Å². The van der Waals surface area contributed by atoms with Crippen LogP contribution in [-0.2, 0) is 16.1 Å². The van der Waals surface area contributed by atoms with Crippen LogP contribution < -0.4 is 15.5 Å². The van der Waals surface area contributed by atoms with E-state index in [1.165, 1.54) is 0 Å². The standard InChI is InChI=1S/C35H41N9O3/c1-41(2)34(47)29-19-24-20-37-35(40-32(24)44(29)25-8-4-5-9-25)38-30-13-11-26(21-36-30)43-17-15-42(16-18-43)22-23-7-3-6-10-27(23)28-12-14-31(45)39-33(28)46/h3,6-7,10-11,13,19-21,25,28H,4-5,8-9,12,14-18,22H2,1-2H3,(H,39,45,46)(H,36,37,38,40). The van der Waals surface area contributed by atoms with E-state index in [0.717, 1.165) is 86.3 Å². The zero-order chi connectivity index (χ0) is 32.5. The Labute approximate surface area is 274 Å². The summed E-state index contributed by atoms with van der Waals surface area (Å²) in [6, 6.07) is 14.3. The molecule has 1 aromatic carbocycles. The van der Waals surface area contributed by atoms with Crippen molar-refractivity contribution in [2.24, 2.45) is 0 Å². The van der Waals surface area contributed by atoms with Crippen LogP contribution in [0.15, 0.2) is 54.9 Å². The first-order valence-corrected chi connectivity index (χ1v) is 16.6. The molecule has 12 nitrogen and oxygen atoms in total. The van der Waals surface area contributed by atoms with E-state index in [0.29, 0.717) is 30.3 Å². The molecule has 5 heterocycles. The maximum absolute atomic E-state index is 13.0. The highest BCUT2D eigenvalue weighted by molar-refractivity contribution is 6.01. The van der Waals surface area contributed by atoms with Crippen LogP contribution in [0.4, 0.5) is 17.5 Å². The number of hydrogen-bond acceptors (Lipinski definition) is 9. The lowest BCUT2D eigenvalue weighted by Gasteiger charge is -2.36. The number of amides is 3. The molecule has 2 N–H and O–H groups in total. The topological polar surface area (TPSA) is 129 Å². The van der Waals surface area contributed by atoms with Gasteiger partial charge < -0.3 is 19.7 Å². The summed E-state index contributed by atoms with van der Waals surface area (Å²) in [5, 5.41) is 6.62. The van der Waals surface area contributed by atoms with Crippen molar-refractivity contribution in [3.05, 3.63) is 71.7 Å². The SMILES string of the molecule is CN(C)C(=O)c1cc2cnc(Nc3ccc(N4CCN(Cc5ccccc5C5CCC(=O)NC5=O)CC4)cn3)nc2n1C1CCCC1. The molecule has 3 fully saturated rings. The van der Waals surface area contributed by atoms with Crippen molar-refractivity contribution in [3.63, 3.8) is 0 Å². The molecular weight excluding hydrogens is 594 g/mol. The van der Waals surface area contributed by atoms with Gasteiger partial charge >= 0.3 is 0 Å². The molecule has 12 heteroatoms. The monoisotopic (exact) mass is 635 g/mol. The second-order valence-electron chi connectivity index (χ2n) is 13.0. The van der Waals surface area contributed by atoms with Crippen LogP contribution in [0.3, 0.4) is 0 Å². The van der Waals surface area contributed by atoms with Crippen molar-refractivity contribution >= 4 is 46.2 Å². The van der Waals surface area contributed by atoms with Gasteiger partial charge in [0.2, 0.25) is 17.8 Å². The molecule has 4 aromatic rings. The van der Waals surface area contributed by atoms with E-state index in [4.69, 9.17) is 4.98 Å². The molecule has 1 saturated carbocycles. The lowest BCUT2D eigenvalue weighted by molar-refractivity contribution is -0.134. The van der Waals surface area contributed by atoms with Crippen LogP contribution in [0, 0.1) is 0 Å². The van der Waals surface area contributed by atoms with Gasteiger partial charge in [0.1, 0.15) is 17.2 Å². The van der Waals surface area contributed by atoms with Crippen molar-refractivity contribution < 1.29 is 14.4 Å². The van der Waals surface area contributed by atoms with Gasteiger partial charge in [-0.25, -0.2) is 9.97 Å². The van der Waals surface area contributed by atoms with E-state index < -0.39 is 0 Å². The largest absolute Gasteiger partial charge is 0.368 e. The number of carbonyl (C=O) groups is 3. The number of rotatable bonds is 8. The lowest BCUT2D eigenvalue weighted by atomic mass is 9.87. The number of piperazine rings is 1. The van der Waals surface area contributed by atoms with Crippen molar-refractivity contribution in [1.82, 2.24) is 34.6 Å². The van der Waals surface area contributed by atoms with Gasteiger partial charge in [0, 0.05) is 70.9 Å². The molecule has 0 spiro atoms. The average molecular weight is 636 g/mol. The fourth-order valence-corrected chi connectivity index (χ4v) is 7.17. The highest BCUT2D eigenvalue weighted by atomic mass is 16.2. The molecular formula is C35H41N9O3. The molecule has 2 aliphatic heterocycles. The van der Waals surface area contributed by atoms with Crippen LogP contribution in [0.2, 0.25) is 0 Å². The van der Waals surface area contributed by atoms with E-state index >= 15 is 0 Å². The predicted molar refractivity (Wildman–Crippen MR) is 180 cm³/mol. The number of piperidine rings is 1. The van der Waals surface area contributed by atoms with Gasteiger partial charge in [-0.2, -0.15) is 4.98 Å². The fourth-order valence-electron chi connectivity index (χ4n) is 7.17. The number of benzene rings is 1. The number of pyridine rings is 1. The molecule has 7 rings (SSSR count). The van der Waals surface area contributed by atoms with Gasteiger partial charge in [-0.15, -0.1) is 0 Å². The molecule has 244 valence electrons. The molecule has 1 atom stereocenters. The number of fused-ring (bicyclic) bond motifs is 1. The van der Waals surface area contributed by atoms with E-state index in [-0.39, 0.29) is 29.7 Å². The van der Waals surface area contributed by atoms with Crippen LogP contribution in [-0.4, -0.2) is 87.3 Å². The van der Waals surface area contributed by atoms with Crippen LogP contribution in [0.1, 0.15) is 72.1 Å². The predicted octanol–water partition coefficient (Wildman–Crippen LogP) is 4.23. The van der Waals surface area contributed by atoms with Gasteiger partial charge in [-0.1, -0.05) is 37.1 Å². The maximum atomic E-state index is 13.0. The summed E-state index contributed by atoms with van der Waals surface area (Å²) in [5.41, 5.74) is 4.64. The number of nitrogens with zero attached hydrogens (tertiary/aromatic N) is 7. The first-order chi connectivity index (χ1) is 22.8. The van der Waals surface area contributed by atoms with Crippen molar-refractivity contribution in [3.8, 4) is 0 Å². The summed E-state index contributed by atoms with van der Waals surface area (Å²) in [7, 11) is 3.55. The molecule has 3 aliphatic rings. The highest BCUT2D eigenvalue weighted by Crippen LogP contribution is 2.35. The van der Waals surface area contributed by atoms with E-state index in [1.54, 1.807) is 25.2 Å². The van der Waals surface area contributed by atoms with Crippen LogP contribution >= 0.6 is 0 Å². The molecule has 3 amide bonds. The second-order valence-corrected chi connectivity index (χ2v) is 13.0. The Hall–Kier alpha value is -4.84. The summed E-state index contributed by atoms with van der Waals surface area (Å²) in [5.74, 6) is 0.412. The van der Waals surface area contributed by atoms with Gasteiger partial charge in [0.15, 0.2) is 0 Å². The Kier molecular flexibility index (Phi) is 8.59. The third-order valence-electron chi connectivity index (χ3n) is 9.68. The smallest absolute Gasteiger partial charge is 0.270 e. The second kappa shape index (κ2) is 13.1. The minimum Gasteiger partial charge on any atom is -0.368 e. The Morgan fingerprint density at radius 3 is 2.49 bits per heavy atom. The molecule has 3 aromatic heterocycles. The van der Waals surface area contributed by atoms with Gasteiger partial charge in [0.25, 0.3) is 5.91 Å². The quantitative estimate of drug-likeness (QED) is 0.274. The zero-order valence-electron chi connectivity index (χ0n) is 27.0. The van der Waals surface area contributed by atoms with Gasteiger partial charge in [-0.3, -0.25) is 24.6 Å². The maximum Gasteiger partial charge on any atom is 0.270 e. The molecule has 0 radical (unpaired) electrons. The molecule has 1 aliphatic carbocycles. The first kappa shape index (κ1) is 30.8. The van der Waals surface area contributed by atoms with E-state index in [1.807, 2.05) is 36.5 Å². The molecule has 2 saturated heterocycles. The van der Waals surface area contributed by atoms with Crippen molar-refractivity contribution in [2.75, 3.05) is 50.5 Å². The number of aromatic nitrogens is 4. The molecule has 0 bridgehead atoms. The highest BCUT2D eigenvalue weighted by Gasteiger charge is 2.30. The van der Waals surface area contributed by atoms with Gasteiger partial charge in [0.05, 0.1) is 17.8 Å². The Morgan fingerprint density at radius 2 is 1.77 bits per heavy atom. The number of carbonyl (C=O) groups excluding carboxylic acids is 3. The molecule has 47 heavy (non-hydrogen) atoms. The van der Waals surface area contributed by atoms with E-state index in [9.17, 15) is 14.4 Å². The summed E-state index contributed by atoms with van der Waals surface area (Å²) < 4.78 is 2.11. The minimum atomic E-state index is -0.279. The van der Waals surface area contributed by atoms with Crippen LogP contribution in [0.5, 0.6) is 0 Å². The third-order valence-corrected chi connectivity index (χ3v) is 9.68. The first-order valence-electron chi connectivity index (χ1n) is 16.6. The van der Waals surface area contributed by atoms with Crippen molar-refractivity contribution in [1.29, 1.82) is 0 Å². The van der Waals surface area contributed by atoms with E-state index in [2.05, 4.69) is 47.1 Å². The molecule has 1 unspecified atom stereocenters. The number of hydrogen-bond donors (Lipinski definition) is 2. The summed E-state index contributed by atoms with van der Waals surface area (Å²) >= 11 is 0. The Morgan fingerprint density at radius 1 is 0.979 bits per heavy atom. The normalized spacial score (nSPS) is 19.3. The third kappa shape index (κ3) is 6.42. The Bertz CT molecular complexity index is 1790. The average Bonchev–Trinajstić information content (AvgIpc) is 3.74. The Balaban J connectivity index is 0.995. The summed E-state index contributed by atoms with van der Waals surface area (Å²) in [6.07, 6.45) is 8.97. The summed E-state index contributed by atoms with van der Waals surface area (Å²) in [4.78, 5) is 57.7. The zero-order valence-corrected chi connectivity index (χ0v) is 27.0. The fraction of sp³-hybridized carbons (Fsp3) is 0.429.